The summed E-state index contributed by atoms with van der Waals surface area (Å²) in [6.45, 7) is 4.43. The number of allylic oxidation sites excluding steroid dienone is 11. The van der Waals surface area contributed by atoms with Crippen molar-refractivity contribution in [1.82, 2.24) is 0 Å². The van der Waals surface area contributed by atoms with Gasteiger partial charge in [0.05, 0.1) is 34.0 Å². The average molecular weight is 806 g/mol. The number of ketones is 1. The highest BCUT2D eigenvalue weighted by Crippen LogP contribution is 2.38. The maximum absolute atomic E-state index is 12.4. The number of phosphoric ester groups is 1. The molecule has 0 saturated heterocycles. The van der Waals surface area contributed by atoms with Gasteiger partial charge in [0.25, 0.3) is 7.82 Å². The van der Waals surface area contributed by atoms with E-state index in [1.807, 2.05) is 45.4 Å². The van der Waals surface area contributed by atoms with Crippen LogP contribution in [0.1, 0.15) is 155 Å². The predicted molar refractivity (Wildman–Crippen MR) is 231 cm³/mol. The van der Waals surface area contributed by atoms with Crippen LogP contribution in [0.15, 0.2) is 73.1 Å². The Kier molecular flexibility index (Phi) is 36.3. The van der Waals surface area contributed by atoms with E-state index in [1.54, 1.807) is 18.4 Å². The molecule has 0 aromatic heterocycles. The Labute approximate surface area is 342 Å². The van der Waals surface area contributed by atoms with E-state index in [-0.39, 0.29) is 38.0 Å². The highest BCUT2D eigenvalue weighted by atomic mass is 31.2. The van der Waals surface area contributed by atoms with E-state index in [0.717, 1.165) is 64.2 Å². The van der Waals surface area contributed by atoms with Crippen LogP contribution in [-0.4, -0.2) is 69.8 Å². The molecule has 0 aliphatic rings. The topological polar surface area (TPSA) is 111 Å². The molecule has 0 N–H and O–H groups in total. The van der Waals surface area contributed by atoms with Crippen LogP contribution < -0.4 is 4.89 Å². The van der Waals surface area contributed by atoms with Crippen molar-refractivity contribution in [1.29, 1.82) is 0 Å². The molecule has 0 rings (SSSR count). The predicted octanol–water partition coefficient (Wildman–Crippen LogP) is 11.6. The summed E-state index contributed by atoms with van der Waals surface area (Å²) in [5.41, 5.74) is 0. The van der Waals surface area contributed by atoms with Crippen molar-refractivity contribution in [2.45, 2.75) is 161 Å². The molecule has 10 heteroatoms. The number of carbonyl (C=O) groups is 2. The Morgan fingerprint density at radius 2 is 1.18 bits per heavy atom. The zero-order chi connectivity index (χ0) is 41.4. The van der Waals surface area contributed by atoms with E-state index in [2.05, 4.69) is 44.2 Å². The Balaban J connectivity index is 4.47. The van der Waals surface area contributed by atoms with Crippen molar-refractivity contribution < 1.29 is 42.1 Å². The van der Waals surface area contributed by atoms with Gasteiger partial charge in [0.15, 0.2) is 11.9 Å². The van der Waals surface area contributed by atoms with Crippen LogP contribution in [0.2, 0.25) is 0 Å². The maximum atomic E-state index is 12.4. The standard InChI is InChI=1S/C46H80NO8P/c1-6-8-10-11-12-13-14-15-16-17-18-22-25-28-31-35-40-52-45(43-55-56(50,51)54-41-39-47(3,4)5)42-53-46(49)38-34-30-27-24-21-19-20-23-26-29-33-37-44(48)36-32-9-7-2/h15-16,19-20,24,26-27,29,33,35,37,40,45H,6-14,17-18,21-23,25,28,30-32,34,36,38-39,41-43H2,1-5H3/b16-15-,20-19-,27-24-,29-26-,37-33+,40-35+/t45-/m1/s1. The van der Waals surface area contributed by atoms with Crippen molar-refractivity contribution in [3.63, 3.8) is 0 Å². The van der Waals surface area contributed by atoms with Crippen molar-refractivity contribution in [2.75, 3.05) is 47.5 Å². The minimum absolute atomic E-state index is 0.00345. The summed E-state index contributed by atoms with van der Waals surface area (Å²) in [5, 5.41) is 0. The van der Waals surface area contributed by atoms with Crippen molar-refractivity contribution in [3.05, 3.63) is 73.1 Å². The number of likely N-dealkylation sites (N-methyl/N-ethyl adjacent to an activating group) is 1. The van der Waals surface area contributed by atoms with Gasteiger partial charge in [0.1, 0.15) is 19.8 Å². The monoisotopic (exact) mass is 806 g/mol. The number of esters is 1. The first-order chi connectivity index (χ1) is 27.0. The Morgan fingerprint density at radius 1 is 0.625 bits per heavy atom. The number of hydrogen-bond donors (Lipinski definition) is 0. The summed E-state index contributed by atoms with van der Waals surface area (Å²) in [6.07, 6.45) is 45.7. The van der Waals surface area contributed by atoms with Crippen molar-refractivity contribution in [3.8, 4) is 0 Å². The molecular formula is C46H80NO8P. The third-order valence-electron chi connectivity index (χ3n) is 8.80. The molecule has 322 valence electrons. The Hall–Kier alpha value is -2.55. The summed E-state index contributed by atoms with van der Waals surface area (Å²) in [7, 11) is 1.28. The van der Waals surface area contributed by atoms with Crippen LogP contribution in [0, 0.1) is 0 Å². The van der Waals surface area contributed by atoms with Crippen molar-refractivity contribution in [2.24, 2.45) is 0 Å². The van der Waals surface area contributed by atoms with Gasteiger partial charge in [-0.3, -0.25) is 14.2 Å². The smallest absolute Gasteiger partial charge is 0.305 e. The molecule has 0 fully saturated rings. The summed E-state index contributed by atoms with van der Waals surface area (Å²) in [4.78, 5) is 36.5. The van der Waals surface area contributed by atoms with Gasteiger partial charge in [-0.25, -0.2) is 0 Å². The van der Waals surface area contributed by atoms with E-state index in [9.17, 15) is 19.0 Å². The number of nitrogens with zero attached hydrogens (tertiary/aromatic N) is 1. The Morgan fingerprint density at radius 3 is 1.84 bits per heavy atom. The zero-order valence-corrected chi connectivity index (χ0v) is 36.9. The second kappa shape index (κ2) is 38.0. The fraction of sp³-hybridized carbons (Fsp3) is 0.696. The van der Waals surface area contributed by atoms with E-state index >= 15 is 0 Å². The van der Waals surface area contributed by atoms with Gasteiger partial charge in [0.2, 0.25) is 0 Å². The molecule has 0 heterocycles. The normalized spacial score (nSPS) is 14.3. The minimum Gasteiger partial charge on any atom is -0.756 e. The Bertz CT molecular complexity index is 1180. The maximum Gasteiger partial charge on any atom is 0.305 e. The molecule has 0 spiro atoms. The lowest BCUT2D eigenvalue weighted by Crippen LogP contribution is -2.37. The first-order valence-electron chi connectivity index (χ1n) is 21.7. The first-order valence-corrected chi connectivity index (χ1v) is 23.1. The van der Waals surface area contributed by atoms with Gasteiger partial charge in [-0.1, -0.05) is 126 Å². The van der Waals surface area contributed by atoms with Gasteiger partial charge in [-0.05, 0) is 82.8 Å². The van der Waals surface area contributed by atoms with Crippen LogP contribution in [-0.2, 0) is 32.7 Å². The van der Waals surface area contributed by atoms with Gasteiger partial charge >= 0.3 is 5.97 Å². The van der Waals surface area contributed by atoms with Gasteiger partial charge in [-0.15, -0.1) is 0 Å². The van der Waals surface area contributed by atoms with Gasteiger partial charge < -0.3 is 27.9 Å². The molecule has 0 aliphatic carbocycles. The summed E-state index contributed by atoms with van der Waals surface area (Å²) < 4.78 is 34.2. The zero-order valence-electron chi connectivity index (χ0n) is 36.1. The quantitative estimate of drug-likeness (QED) is 0.00882. The van der Waals surface area contributed by atoms with Crippen LogP contribution >= 0.6 is 7.82 Å². The molecule has 0 aromatic carbocycles. The fourth-order valence-corrected chi connectivity index (χ4v) is 6.02. The van der Waals surface area contributed by atoms with E-state index in [0.29, 0.717) is 23.9 Å². The average Bonchev–Trinajstić information content (AvgIpc) is 3.15. The van der Waals surface area contributed by atoms with E-state index in [4.69, 9.17) is 18.5 Å². The molecule has 2 atom stereocenters. The molecule has 0 bridgehead atoms. The second-order valence-corrected chi connectivity index (χ2v) is 16.9. The molecule has 0 saturated carbocycles. The number of rotatable bonds is 39. The minimum atomic E-state index is -4.55. The van der Waals surface area contributed by atoms with Gasteiger partial charge in [0, 0.05) is 12.8 Å². The molecule has 56 heavy (non-hydrogen) atoms. The number of ether oxygens (including phenoxy) is 2. The number of unbranched alkanes of at least 4 members (excludes halogenated alkanes) is 14. The SMILES string of the molecule is CCCCCCCC/C=C\CCCCCC/C=C/O[C@H](COC(=O)CCC/C=C\C/C=C\C/C=C\C=C\C(=O)CCCCC)COP(=O)([O-])OCC[N+](C)(C)C. The third-order valence-corrected chi connectivity index (χ3v) is 9.76. The largest absolute Gasteiger partial charge is 0.756 e. The van der Waals surface area contributed by atoms with Crippen molar-refractivity contribution >= 4 is 19.6 Å². The van der Waals surface area contributed by atoms with Gasteiger partial charge in [-0.2, -0.15) is 0 Å². The number of hydrogen-bond acceptors (Lipinski definition) is 8. The summed E-state index contributed by atoms with van der Waals surface area (Å²) in [5.74, 6) is -0.196. The number of quaternary nitrogens is 1. The first kappa shape index (κ1) is 53.5. The lowest BCUT2D eigenvalue weighted by Gasteiger charge is -2.28. The molecule has 1 unspecified atom stereocenters. The van der Waals surface area contributed by atoms with E-state index < -0.39 is 13.9 Å². The highest BCUT2D eigenvalue weighted by molar-refractivity contribution is 7.45. The fourth-order valence-electron chi connectivity index (χ4n) is 5.29. The molecular weight excluding hydrogens is 725 g/mol. The van der Waals surface area contributed by atoms with Crippen LogP contribution in [0.4, 0.5) is 0 Å². The van der Waals surface area contributed by atoms with Crippen LogP contribution in [0.3, 0.4) is 0 Å². The van der Waals surface area contributed by atoms with Crippen LogP contribution in [0.25, 0.3) is 0 Å². The number of carbonyl (C=O) groups excluding carboxylic acids is 2. The molecule has 0 aromatic rings. The number of phosphoric acid groups is 1. The van der Waals surface area contributed by atoms with Crippen LogP contribution in [0.5, 0.6) is 0 Å². The molecule has 0 aliphatic heterocycles. The lowest BCUT2D eigenvalue weighted by molar-refractivity contribution is -0.870. The molecule has 9 nitrogen and oxygen atoms in total. The highest BCUT2D eigenvalue weighted by Gasteiger charge is 2.19. The third kappa shape index (κ3) is 41.1. The lowest BCUT2D eigenvalue weighted by atomic mass is 10.1. The molecule has 0 radical (unpaired) electrons. The molecule has 0 amide bonds. The summed E-state index contributed by atoms with van der Waals surface area (Å²) >= 11 is 0. The van der Waals surface area contributed by atoms with E-state index in [1.165, 1.54) is 57.8 Å². The second-order valence-electron chi connectivity index (χ2n) is 15.4. The summed E-state index contributed by atoms with van der Waals surface area (Å²) in [6, 6.07) is 0.